The van der Waals surface area contributed by atoms with Crippen LogP contribution < -0.4 is 11.0 Å². The lowest BCUT2D eigenvalue weighted by Crippen LogP contribution is -2.24. The van der Waals surface area contributed by atoms with Gasteiger partial charge in [0.2, 0.25) is 0 Å². The predicted molar refractivity (Wildman–Crippen MR) is 72.6 cm³/mol. The third-order valence-electron chi connectivity index (χ3n) is 4.10. The summed E-state index contributed by atoms with van der Waals surface area (Å²) in [6.07, 6.45) is 2.70. The number of rotatable bonds is 4. The van der Waals surface area contributed by atoms with Crippen molar-refractivity contribution in [2.75, 3.05) is 7.05 Å². The largest absolute Gasteiger partial charge is 0.323 e. The molecule has 18 heavy (non-hydrogen) atoms. The first kappa shape index (κ1) is 11.5. The Morgan fingerprint density at radius 3 is 2.67 bits per heavy atom. The average Bonchev–Trinajstić information content (AvgIpc) is 3.12. The first-order valence-electron chi connectivity index (χ1n) is 6.58. The van der Waals surface area contributed by atoms with E-state index in [1.807, 2.05) is 13.1 Å². The molecule has 1 aliphatic carbocycles. The Morgan fingerprint density at radius 1 is 1.28 bits per heavy atom. The standard InChI is InChI=1S/C14H19N3O/c1-8(9-3-4-9)13(15-2)10-5-6-11-12(7-10)17-14(18)16-11/h5-9,13,15H,3-4H2,1-2H3,(H2,16,17,18). The van der Waals surface area contributed by atoms with Crippen molar-refractivity contribution in [1.82, 2.24) is 15.3 Å². The quantitative estimate of drug-likeness (QED) is 0.773. The number of benzene rings is 1. The van der Waals surface area contributed by atoms with E-state index >= 15 is 0 Å². The Hall–Kier alpha value is -1.55. The molecule has 2 atom stereocenters. The van der Waals surface area contributed by atoms with Gasteiger partial charge in [-0.05, 0) is 49.4 Å². The second-order valence-electron chi connectivity index (χ2n) is 5.35. The van der Waals surface area contributed by atoms with Gasteiger partial charge in [0, 0.05) is 6.04 Å². The molecule has 1 fully saturated rings. The van der Waals surface area contributed by atoms with Gasteiger partial charge < -0.3 is 15.3 Å². The third-order valence-corrected chi connectivity index (χ3v) is 4.10. The molecule has 0 spiro atoms. The summed E-state index contributed by atoms with van der Waals surface area (Å²) in [5, 5.41) is 3.41. The van der Waals surface area contributed by atoms with Crippen LogP contribution in [0.15, 0.2) is 23.0 Å². The number of H-pyrrole nitrogens is 2. The number of hydrogen-bond acceptors (Lipinski definition) is 2. The van der Waals surface area contributed by atoms with Crippen molar-refractivity contribution < 1.29 is 0 Å². The molecule has 0 amide bonds. The molecule has 0 radical (unpaired) electrons. The number of nitrogens with one attached hydrogen (secondary N) is 3. The van der Waals surface area contributed by atoms with E-state index < -0.39 is 0 Å². The molecule has 1 aromatic heterocycles. The van der Waals surface area contributed by atoms with Crippen molar-refractivity contribution in [3.05, 3.63) is 34.2 Å². The van der Waals surface area contributed by atoms with Crippen molar-refractivity contribution >= 4 is 11.0 Å². The van der Waals surface area contributed by atoms with Crippen molar-refractivity contribution in [1.29, 1.82) is 0 Å². The second kappa shape index (κ2) is 4.28. The molecule has 2 aromatic rings. The molecular weight excluding hydrogens is 226 g/mol. The molecule has 0 bridgehead atoms. The first-order chi connectivity index (χ1) is 8.69. The van der Waals surface area contributed by atoms with E-state index in [1.54, 1.807) is 0 Å². The summed E-state index contributed by atoms with van der Waals surface area (Å²) in [5.74, 6) is 1.49. The van der Waals surface area contributed by atoms with Gasteiger partial charge in [0.25, 0.3) is 0 Å². The van der Waals surface area contributed by atoms with Crippen molar-refractivity contribution in [3.8, 4) is 0 Å². The lowest BCUT2D eigenvalue weighted by molar-refractivity contribution is 0.369. The average molecular weight is 245 g/mol. The molecule has 0 saturated heterocycles. The fraction of sp³-hybridized carbons (Fsp3) is 0.500. The van der Waals surface area contributed by atoms with Crippen LogP contribution in [0.25, 0.3) is 11.0 Å². The van der Waals surface area contributed by atoms with Gasteiger partial charge in [-0.25, -0.2) is 4.79 Å². The molecule has 0 aliphatic heterocycles. The highest BCUT2D eigenvalue weighted by atomic mass is 16.1. The minimum Gasteiger partial charge on any atom is -0.313 e. The van der Waals surface area contributed by atoms with Crippen LogP contribution in [0.1, 0.15) is 31.4 Å². The third kappa shape index (κ3) is 1.97. The number of aromatic nitrogens is 2. The fourth-order valence-corrected chi connectivity index (χ4v) is 2.87. The van der Waals surface area contributed by atoms with Crippen molar-refractivity contribution in [2.45, 2.75) is 25.8 Å². The van der Waals surface area contributed by atoms with Crippen LogP contribution in [0.2, 0.25) is 0 Å². The fourth-order valence-electron chi connectivity index (χ4n) is 2.87. The van der Waals surface area contributed by atoms with Crippen molar-refractivity contribution in [2.24, 2.45) is 11.8 Å². The zero-order chi connectivity index (χ0) is 12.7. The van der Waals surface area contributed by atoms with E-state index in [0.29, 0.717) is 12.0 Å². The van der Waals surface area contributed by atoms with Crippen LogP contribution in [0.4, 0.5) is 0 Å². The van der Waals surface area contributed by atoms with Crippen LogP contribution >= 0.6 is 0 Å². The highest BCUT2D eigenvalue weighted by Crippen LogP contribution is 2.42. The summed E-state index contributed by atoms with van der Waals surface area (Å²) in [5.41, 5.74) is 2.87. The number of imidazole rings is 1. The Bertz CT molecular complexity index is 609. The van der Waals surface area contributed by atoms with Crippen molar-refractivity contribution in [3.63, 3.8) is 0 Å². The molecule has 1 heterocycles. The molecule has 2 unspecified atom stereocenters. The minimum atomic E-state index is -0.140. The monoisotopic (exact) mass is 245 g/mol. The van der Waals surface area contributed by atoms with Gasteiger partial charge in [0.15, 0.2) is 0 Å². The Morgan fingerprint density at radius 2 is 2.00 bits per heavy atom. The van der Waals surface area contributed by atoms with E-state index in [0.717, 1.165) is 17.0 Å². The van der Waals surface area contributed by atoms with Crippen LogP contribution in [-0.4, -0.2) is 17.0 Å². The topological polar surface area (TPSA) is 60.7 Å². The molecule has 1 aliphatic rings. The number of fused-ring (bicyclic) bond motifs is 1. The molecule has 3 rings (SSSR count). The van der Waals surface area contributed by atoms with E-state index in [9.17, 15) is 4.79 Å². The van der Waals surface area contributed by atoms with Crippen LogP contribution in [-0.2, 0) is 0 Å². The second-order valence-corrected chi connectivity index (χ2v) is 5.35. The van der Waals surface area contributed by atoms with Gasteiger partial charge >= 0.3 is 5.69 Å². The lowest BCUT2D eigenvalue weighted by Gasteiger charge is -2.24. The number of aromatic amines is 2. The summed E-state index contributed by atoms with van der Waals surface area (Å²) in [6, 6.07) is 6.52. The molecule has 4 heteroatoms. The molecular formula is C14H19N3O. The molecule has 3 N–H and O–H groups in total. The highest BCUT2D eigenvalue weighted by Gasteiger charge is 2.33. The smallest absolute Gasteiger partial charge is 0.313 e. The molecule has 4 nitrogen and oxygen atoms in total. The van der Waals surface area contributed by atoms with Gasteiger partial charge in [-0.3, -0.25) is 0 Å². The first-order valence-corrected chi connectivity index (χ1v) is 6.58. The summed E-state index contributed by atoms with van der Waals surface area (Å²) < 4.78 is 0. The maximum absolute atomic E-state index is 11.3. The summed E-state index contributed by atoms with van der Waals surface area (Å²) in [7, 11) is 2.01. The van der Waals surface area contributed by atoms with E-state index in [4.69, 9.17) is 0 Å². The van der Waals surface area contributed by atoms with Gasteiger partial charge in [-0.1, -0.05) is 13.0 Å². The van der Waals surface area contributed by atoms with Gasteiger partial charge in [0.1, 0.15) is 0 Å². The maximum Gasteiger partial charge on any atom is 0.323 e. The van der Waals surface area contributed by atoms with Gasteiger partial charge in [0.05, 0.1) is 11.0 Å². The minimum absolute atomic E-state index is 0.140. The zero-order valence-electron chi connectivity index (χ0n) is 10.8. The SMILES string of the molecule is CNC(c1ccc2[nH]c(=O)[nH]c2c1)C(C)C1CC1. The van der Waals surface area contributed by atoms with Gasteiger partial charge in [-0.15, -0.1) is 0 Å². The van der Waals surface area contributed by atoms with Gasteiger partial charge in [-0.2, -0.15) is 0 Å². The summed E-state index contributed by atoms with van der Waals surface area (Å²) in [4.78, 5) is 16.9. The summed E-state index contributed by atoms with van der Waals surface area (Å²) >= 11 is 0. The van der Waals surface area contributed by atoms with E-state index in [-0.39, 0.29) is 5.69 Å². The normalized spacial score (nSPS) is 19.0. The zero-order valence-corrected chi connectivity index (χ0v) is 10.8. The predicted octanol–water partition coefficient (Wildman–Crippen LogP) is 2.16. The van der Waals surface area contributed by atoms with Crippen LogP contribution in [0, 0.1) is 11.8 Å². The molecule has 1 saturated carbocycles. The molecule has 1 aromatic carbocycles. The lowest BCUT2D eigenvalue weighted by atomic mass is 9.90. The van der Waals surface area contributed by atoms with Crippen LogP contribution in [0.3, 0.4) is 0 Å². The van der Waals surface area contributed by atoms with E-state index in [2.05, 4.69) is 34.3 Å². The Balaban J connectivity index is 1.97. The molecule has 96 valence electrons. The van der Waals surface area contributed by atoms with Crippen LogP contribution in [0.5, 0.6) is 0 Å². The number of hydrogen-bond donors (Lipinski definition) is 3. The Kier molecular flexibility index (Phi) is 2.74. The summed E-state index contributed by atoms with van der Waals surface area (Å²) in [6.45, 7) is 2.31. The maximum atomic E-state index is 11.3. The highest BCUT2D eigenvalue weighted by molar-refractivity contribution is 5.75. The Labute approximate surface area is 106 Å². The van der Waals surface area contributed by atoms with E-state index in [1.165, 1.54) is 18.4 Å².